The molecule has 1 aromatic carbocycles. The number of ether oxygens (including phenoxy) is 1. The van der Waals surface area contributed by atoms with Crippen LogP contribution >= 0.6 is 0 Å². The van der Waals surface area contributed by atoms with Crippen LogP contribution in [0.25, 0.3) is 5.65 Å². The van der Waals surface area contributed by atoms with E-state index in [0.717, 1.165) is 0 Å². The number of amides is 3. The number of nitrogens with zero attached hydrogens (tertiary/aromatic N) is 3. The SMILES string of the molecule is C[C@H](COc1cc(C2CNC(=O)NC2=O)nn2ccnc12)c1ccccc1. The molecule has 2 aromatic heterocycles. The highest BCUT2D eigenvalue weighted by Gasteiger charge is 2.30. The molecular weight excluding hydrogens is 346 g/mol. The summed E-state index contributed by atoms with van der Waals surface area (Å²) in [4.78, 5) is 27.8. The molecule has 3 heterocycles. The predicted molar refractivity (Wildman–Crippen MR) is 97.6 cm³/mol. The fraction of sp³-hybridized carbons (Fsp3) is 0.263. The molecule has 3 amide bonds. The van der Waals surface area contributed by atoms with Crippen molar-refractivity contribution in [2.24, 2.45) is 0 Å². The van der Waals surface area contributed by atoms with Crippen LogP contribution in [0.4, 0.5) is 4.79 Å². The lowest BCUT2D eigenvalue weighted by molar-refractivity contribution is -0.122. The summed E-state index contributed by atoms with van der Waals surface area (Å²) in [6.45, 7) is 2.74. The third-order valence-corrected chi connectivity index (χ3v) is 4.58. The number of imidazole rings is 1. The lowest BCUT2D eigenvalue weighted by Crippen LogP contribution is -2.51. The zero-order valence-electron chi connectivity index (χ0n) is 14.8. The molecule has 0 bridgehead atoms. The van der Waals surface area contributed by atoms with Gasteiger partial charge < -0.3 is 10.1 Å². The summed E-state index contributed by atoms with van der Waals surface area (Å²) in [5.74, 6) is -0.217. The average Bonchev–Trinajstić information content (AvgIpc) is 3.15. The molecule has 1 fully saturated rings. The van der Waals surface area contributed by atoms with Gasteiger partial charge in [0.2, 0.25) is 5.91 Å². The van der Waals surface area contributed by atoms with Crippen LogP contribution in [0.2, 0.25) is 0 Å². The van der Waals surface area contributed by atoms with Crippen LogP contribution in [-0.4, -0.2) is 39.7 Å². The molecule has 0 spiro atoms. The maximum absolute atomic E-state index is 12.2. The van der Waals surface area contributed by atoms with Gasteiger partial charge in [-0.25, -0.2) is 14.3 Å². The van der Waals surface area contributed by atoms with Crippen molar-refractivity contribution in [2.45, 2.75) is 18.8 Å². The Bertz CT molecular complexity index is 985. The summed E-state index contributed by atoms with van der Waals surface area (Å²) in [7, 11) is 0. The highest BCUT2D eigenvalue weighted by atomic mass is 16.5. The lowest BCUT2D eigenvalue weighted by Gasteiger charge is -2.22. The van der Waals surface area contributed by atoms with E-state index in [9.17, 15) is 9.59 Å². The Morgan fingerprint density at radius 3 is 2.89 bits per heavy atom. The Morgan fingerprint density at radius 1 is 1.30 bits per heavy atom. The standard InChI is InChI=1S/C19H19N5O3/c1-12(13-5-3-2-4-6-13)11-27-16-9-15(23-24-8-7-20-17(16)24)14-10-21-19(26)22-18(14)25/h2-9,12,14H,10-11H2,1H3,(H2,21,22,25,26)/t12-,14?/m1/s1. The normalized spacial score (nSPS) is 18.0. The van der Waals surface area contributed by atoms with Crippen LogP contribution in [0.3, 0.4) is 0 Å². The van der Waals surface area contributed by atoms with Gasteiger partial charge in [-0.2, -0.15) is 5.10 Å². The van der Waals surface area contributed by atoms with E-state index in [1.165, 1.54) is 5.56 Å². The van der Waals surface area contributed by atoms with Gasteiger partial charge in [0.1, 0.15) is 0 Å². The molecule has 3 aromatic rings. The van der Waals surface area contributed by atoms with Crippen molar-refractivity contribution in [3.05, 3.63) is 60.0 Å². The zero-order valence-corrected chi connectivity index (χ0v) is 14.8. The maximum atomic E-state index is 12.2. The zero-order chi connectivity index (χ0) is 18.8. The molecular formula is C19H19N5O3. The highest BCUT2D eigenvalue weighted by molar-refractivity contribution is 6.00. The van der Waals surface area contributed by atoms with Gasteiger partial charge in [0, 0.05) is 30.9 Å². The molecule has 27 heavy (non-hydrogen) atoms. The number of benzene rings is 1. The molecule has 4 rings (SSSR count). The number of fused-ring (bicyclic) bond motifs is 1. The van der Waals surface area contributed by atoms with Crippen LogP contribution in [-0.2, 0) is 4.79 Å². The van der Waals surface area contributed by atoms with Crippen LogP contribution in [0.1, 0.15) is 30.0 Å². The van der Waals surface area contributed by atoms with Gasteiger partial charge in [-0.05, 0) is 5.56 Å². The largest absolute Gasteiger partial charge is 0.489 e. The van der Waals surface area contributed by atoms with Gasteiger partial charge in [0.25, 0.3) is 0 Å². The fourth-order valence-electron chi connectivity index (χ4n) is 3.04. The number of rotatable bonds is 5. The number of carbonyl (C=O) groups excluding carboxylic acids is 2. The first-order valence-electron chi connectivity index (χ1n) is 8.72. The van der Waals surface area contributed by atoms with Crippen molar-refractivity contribution in [3.63, 3.8) is 0 Å². The predicted octanol–water partition coefficient (Wildman–Crippen LogP) is 1.83. The summed E-state index contributed by atoms with van der Waals surface area (Å²) in [5, 5.41) is 9.33. The fourth-order valence-corrected chi connectivity index (χ4v) is 3.04. The summed E-state index contributed by atoms with van der Waals surface area (Å²) < 4.78 is 7.62. The Labute approximate surface area is 155 Å². The Balaban J connectivity index is 1.59. The minimum atomic E-state index is -0.580. The van der Waals surface area contributed by atoms with E-state index in [-0.39, 0.29) is 18.4 Å². The minimum Gasteiger partial charge on any atom is -0.489 e. The summed E-state index contributed by atoms with van der Waals surface area (Å²) in [5.41, 5.74) is 2.28. The maximum Gasteiger partial charge on any atom is 0.321 e. The Hall–Kier alpha value is -3.42. The quantitative estimate of drug-likeness (QED) is 0.719. The number of carbonyl (C=O) groups is 2. The average molecular weight is 365 g/mol. The minimum absolute atomic E-state index is 0.190. The van der Waals surface area contributed by atoms with Crippen molar-refractivity contribution in [3.8, 4) is 5.75 Å². The van der Waals surface area contributed by atoms with E-state index in [4.69, 9.17) is 4.74 Å². The van der Waals surface area contributed by atoms with Crippen LogP contribution in [0.15, 0.2) is 48.8 Å². The van der Waals surface area contributed by atoms with E-state index < -0.39 is 11.9 Å². The number of hydrogen-bond donors (Lipinski definition) is 2. The van der Waals surface area contributed by atoms with Crippen molar-refractivity contribution in [1.29, 1.82) is 0 Å². The van der Waals surface area contributed by atoms with Crippen LogP contribution < -0.4 is 15.4 Å². The van der Waals surface area contributed by atoms with Crippen LogP contribution in [0, 0.1) is 0 Å². The number of aromatic nitrogens is 3. The summed E-state index contributed by atoms with van der Waals surface area (Å²) >= 11 is 0. The molecule has 2 N–H and O–H groups in total. The van der Waals surface area contributed by atoms with Gasteiger partial charge in [-0.3, -0.25) is 10.1 Å². The third-order valence-electron chi connectivity index (χ3n) is 4.58. The second kappa shape index (κ2) is 7.06. The van der Waals surface area contributed by atoms with Crippen molar-refractivity contribution < 1.29 is 14.3 Å². The first kappa shape index (κ1) is 17.0. The molecule has 1 aliphatic rings. The van der Waals surface area contributed by atoms with Gasteiger partial charge in [-0.15, -0.1) is 0 Å². The first-order valence-corrected chi connectivity index (χ1v) is 8.72. The van der Waals surface area contributed by atoms with Crippen molar-refractivity contribution in [2.75, 3.05) is 13.2 Å². The third kappa shape index (κ3) is 3.46. The van der Waals surface area contributed by atoms with E-state index in [0.29, 0.717) is 23.7 Å². The number of nitrogens with one attached hydrogen (secondary N) is 2. The van der Waals surface area contributed by atoms with E-state index in [2.05, 4.69) is 39.8 Å². The summed E-state index contributed by atoms with van der Waals surface area (Å²) in [6, 6.07) is 11.3. The monoisotopic (exact) mass is 365 g/mol. The lowest BCUT2D eigenvalue weighted by atomic mass is 10.0. The Morgan fingerprint density at radius 2 is 2.11 bits per heavy atom. The van der Waals surface area contributed by atoms with Gasteiger partial charge in [-0.1, -0.05) is 37.3 Å². The van der Waals surface area contributed by atoms with Gasteiger partial charge >= 0.3 is 6.03 Å². The van der Waals surface area contributed by atoms with E-state index in [1.54, 1.807) is 23.0 Å². The molecule has 0 saturated carbocycles. The smallest absolute Gasteiger partial charge is 0.321 e. The van der Waals surface area contributed by atoms with E-state index in [1.807, 2.05) is 18.2 Å². The second-order valence-corrected chi connectivity index (χ2v) is 6.50. The van der Waals surface area contributed by atoms with Crippen molar-refractivity contribution >= 4 is 17.6 Å². The molecule has 1 aliphatic heterocycles. The van der Waals surface area contributed by atoms with Crippen LogP contribution in [0.5, 0.6) is 5.75 Å². The summed E-state index contributed by atoms with van der Waals surface area (Å²) in [6.07, 6.45) is 3.33. The molecule has 138 valence electrons. The molecule has 8 heteroatoms. The molecule has 1 unspecified atom stereocenters. The highest BCUT2D eigenvalue weighted by Crippen LogP contribution is 2.25. The molecule has 0 aliphatic carbocycles. The molecule has 1 saturated heterocycles. The van der Waals surface area contributed by atoms with Gasteiger partial charge in [0.05, 0.1) is 18.2 Å². The number of imide groups is 1. The molecule has 8 nitrogen and oxygen atoms in total. The molecule has 2 atom stereocenters. The van der Waals surface area contributed by atoms with Crippen molar-refractivity contribution in [1.82, 2.24) is 25.2 Å². The molecule has 0 radical (unpaired) electrons. The van der Waals surface area contributed by atoms with Gasteiger partial charge in [0.15, 0.2) is 11.4 Å². The number of urea groups is 1. The number of hydrogen-bond acceptors (Lipinski definition) is 5. The Kier molecular flexibility index (Phi) is 4.45. The topological polar surface area (TPSA) is 97.6 Å². The second-order valence-electron chi connectivity index (χ2n) is 6.50. The first-order chi connectivity index (χ1) is 13.1. The van der Waals surface area contributed by atoms with E-state index >= 15 is 0 Å².